The fourth-order valence-electron chi connectivity index (χ4n) is 4.84. The highest BCUT2D eigenvalue weighted by Gasteiger charge is 2.27. The summed E-state index contributed by atoms with van der Waals surface area (Å²) in [6.45, 7) is 4.86. The van der Waals surface area contributed by atoms with Crippen molar-refractivity contribution >= 4 is 50.1 Å². The summed E-state index contributed by atoms with van der Waals surface area (Å²) < 4.78 is 28.5. The number of anilines is 2. The van der Waals surface area contributed by atoms with Gasteiger partial charge < -0.3 is 10.2 Å². The molecule has 2 N–H and O–H groups in total. The molecular weight excluding hydrogens is 544 g/mol. The van der Waals surface area contributed by atoms with Crippen molar-refractivity contribution < 1.29 is 13.2 Å². The highest BCUT2D eigenvalue weighted by Crippen LogP contribution is 2.31. The van der Waals surface area contributed by atoms with Gasteiger partial charge in [0, 0.05) is 38.0 Å². The Morgan fingerprint density at radius 1 is 1.15 bits per heavy atom. The maximum atomic E-state index is 13.5. The Labute approximate surface area is 229 Å². The van der Waals surface area contributed by atoms with Crippen LogP contribution >= 0.6 is 11.6 Å². The first-order valence-electron chi connectivity index (χ1n) is 12.0. The number of pyridine rings is 1. The van der Waals surface area contributed by atoms with E-state index in [1.807, 2.05) is 42.8 Å². The van der Waals surface area contributed by atoms with Crippen LogP contribution in [0.25, 0.3) is 10.9 Å². The number of nitrogens with one attached hydrogen (secondary N) is 2. The Morgan fingerprint density at radius 3 is 2.59 bits per heavy atom. The van der Waals surface area contributed by atoms with Crippen molar-refractivity contribution in [3.63, 3.8) is 0 Å². The van der Waals surface area contributed by atoms with Gasteiger partial charge in [0.1, 0.15) is 5.15 Å². The Balaban J connectivity index is 1.56. The molecule has 1 atom stereocenters. The lowest BCUT2D eigenvalue weighted by molar-refractivity contribution is 0.0977. The average Bonchev–Trinajstić information content (AvgIpc) is 3.38. The standard InChI is InChI=1S/C25H27ClN8O4S/c1-13-8-16(14(2)27-18-6-7-20(26)28-22(18)23(35)31-39(5,37)38)21-17(9-13)24(36)33(4)25(29-21)34-11-15-10-32(3)30-19(15)12-34/h6-10,14,27H,11-12H2,1-5H3,(H,31,35)/t14-/m1/s1. The van der Waals surface area contributed by atoms with Crippen LogP contribution in [0.1, 0.15) is 45.8 Å². The van der Waals surface area contributed by atoms with Gasteiger partial charge in [-0.1, -0.05) is 17.7 Å². The second-order valence-electron chi connectivity index (χ2n) is 9.76. The van der Waals surface area contributed by atoms with Crippen LogP contribution in [0.3, 0.4) is 0 Å². The number of aryl methyl sites for hydroxylation is 2. The molecule has 4 aromatic rings. The van der Waals surface area contributed by atoms with Crippen molar-refractivity contribution in [1.29, 1.82) is 0 Å². The first-order chi connectivity index (χ1) is 18.3. The summed E-state index contributed by atoms with van der Waals surface area (Å²) in [7, 11) is -0.242. The summed E-state index contributed by atoms with van der Waals surface area (Å²) in [5.41, 5.74) is 4.05. The number of aromatic nitrogens is 5. The number of rotatable bonds is 6. The maximum absolute atomic E-state index is 13.5. The van der Waals surface area contributed by atoms with E-state index in [1.54, 1.807) is 28.4 Å². The molecule has 39 heavy (non-hydrogen) atoms. The van der Waals surface area contributed by atoms with Crippen molar-refractivity contribution in [3.8, 4) is 0 Å². The Morgan fingerprint density at radius 2 is 1.90 bits per heavy atom. The first-order valence-corrected chi connectivity index (χ1v) is 14.3. The predicted molar refractivity (Wildman–Crippen MR) is 148 cm³/mol. The van der Waals surface area contributed by atoms with Gasteiger partial charge in [-0.25, -0.2) is 23.1 Å². The molecule has 1 aromatic carbocycles. The van der Waals surface area contributed by atoms with Gasteiger partial charge in [-0.05, 0) is 37.6 Å². The summed E-state index contributed by atoms with van der Waals surface area (Å²) >= 11 is 6.00. The molecule has 1 aliphatic rings. The van der Waals surface area contributed by atoms with Crippen LogP contribution in [0, 0.1) is 6.92 Å². The van der Waals surface area contributed by atoms with Gasteiger partial charge in [-0.3, -0.25) is 18.8 Å². The maximum Gasteiger partial charge on any atom is 0.285 e. The van der Waals surface area contributed by atoms with Gasteiger partial charge in [0.05, 0.1) is 41.1 Å². The van der Waals surface area contributed by atoms with E-state index >= 15 is 0 Å². The molecular formula is C25H27ClN8O4S. The van der Waals surface area contributed by atoms with Gasteiger partial charge in [0.2, 0.25) is 16.0 Å². The number of fused-ring (bicyclic) bond motifs is 2. The number of benzene rings is 1. The highest BCUT2D eigenvalue weighted by molar-refractivity contribution is 7.89. The molecule has 0 spiro atoms. The normalized spacial score (nSPS) is 13.9. The zero-order valence-corrected chi connectivity index (χ0v) is 23.6. The van der Waals surface area contributed by atoms with Crippen molar-refractivity contribution in [2.24, 2.45) is 14.1 Å². The summed E-state index contributed by atoms with van der Waals surface area (Å²) in [4.78, 5) is 37.2. The number of hydrogen-bond acceptors (Lipinski definition) is 9. The van der Waals surface area contributed by atoms with Crippen LogP contribution in [0.2, 0.25) is 5.15 Å². The van der Waals surface area contributed by atoms with Crippen LogP contribution in [-0.2, 0) is 37.2 Å². The van der Waals surface area contributed by atoms with Gasteiger partial charge in [-0.15, -0.1) is 0 Å². The highest BCUT2D eigenvalue weighted by atomic mass is 35.5. The van der Waals surface area contributed by atoms with Crippen molar-refractivity contribution in [2.45, 2.75) is 33.0 Å². The molecule has 204 valence electrons. The molecule has 0 saturated carbocycles. The number of carbonyl (C=O) groups excluding carboxylic acids is 1. The van der Waals surface area contributed by atoms with Crippen molar-refractivity contribution in [2.75, 3.05) is 16.5 Å². The molecule has 0 saturated heterocycles. The number of hydrogen-bond donors (Lipinski definition) is 2. The summed E-state index contributed by atoms with van der Waals surface area (Å²) in [6.07, 6.45) is 2.84. The molecule has 0 bridgehead atoms. The summed E-state index contributed by atoms with van der Waals surface area (Å²) in [6, 6.07) is 6.32. The Hall–Kier alpha value is -3.97. The van der Waals surface area contributed by atoms with Crippen LogP contribution in [-0.4, -0.2) is 44.9 Å². The third-order valence-electron chi connectivity index (χ3n) is 6.50. The molecule has 1 amide bonds. The van der Waals surface area contributed by atoms with Crippen LogP contribution < -0.4 is 20.5 Å². The number of carbonyl (C=O) groups is 1. The van der Waals surface area contributed by atoms with Crippen molar-refractivity contribution in [3.05, 3.63) is 74.0 Å². The minimum absolute atomic E-state index is 0.0314. The zero-order chi connectivity index (χ0) is 28.2. The van der Waals surface area contributed by atoms with Crippen LogP contribution in [0.15, 0.2) is 35.3 Å². The summed E-state index contributed by atoms with van der Waals surface area (Å²) in [5.74, 6) is -0.396. The van der Waals surface area contributed by atoms with Gasteiger partial charge in [0.25, 0.3) is 11.5 Å². The van der Waals surface area contributed by atoms with E-state index in [0.717, 1.165) is 28.6 Å². The average molecular weight is 571 g/mol. The fourth-order valence-corrected chi connectivity index (χ4v) is 5.42. The van der Waals surface area contributed by atoms with Gasteiger partial charge >= 0.3 is 0 Å². The predicted octanol–water partition coefficient (Wildman–Crippen LogP) is 2.41. The zero-order valence-electron chi connectivity index (χ0n) is 22.0. The second kappa shape index (κ2) is 9.65. The topological polar surface area (TPSA) is 144 Å². The molecule has 0 aliphatic carbocycles. The molecule has 0 radical (unpaired) electrons. The summed E-state index contributed by atoms with van der Waals surface area (Å²) in [5, 5.41) is 8.22. The van der Waals surface area contributed by atoms with E-state index in [0.29, 0.717) is 29.9 Å². The number of amides is 1. The minimum Gasteiger partial charge on any atom is -0.377 e. The lowest BCUT2D eigenvalue weighted by atomic mass is 10.0. The van der Waals surface area contributed by atoms with E-state index in [4.69, 9.17) is 16.6 Å². The Bertz CT molecular complexity index is 1790. The lowest BCUT2D eigenvalue weighted by Gasteiger charge is -2.23. The third-order valence-corrected chi connectivity index (χ3v) is 7.27. The molecule has 12 nitrogen and oxygen atoms in total. The molecule has 5 rings (SSSR count). The molecule has 1 aliphatic heterocycles. The number of halogens is 1. The largest absolute Gasteiger partial charge is 0.377 e. The van der Waals surface area contributed by atoms with E-state index in [-0.39, 0.29) is 22.1 Å². The third kappa shape index (κ3) is 5.19. The molecule has 0 fully saturated rings. The fraction of sp³-hybridized carbons (Fsp3) is 0.320. The van der Waals surface area contributed by atoms with Crippen molar-refractivity contribution in [1.82, 2.24) is 29.0 Å². The molecule has 4 heterocycles. The monoisotopic (exact) mass is 570 g/mol. The van der Waals surface area contributed by atoms with E-state index < -0.39 is 22.0 Å². The van der Waals surface area contributed by atoms with Gasteiger partial charge in [-0.2, -0.15) is 5.10 Å². The van der Waals surface area contributed by atoms with Crippen LogP contribution in [0.4, 0.5) is 11.6 Å². The van der Waals surface area contributed by atoms with E-state index in [9.17, 15) is 18.0 Å². The molecule has 0 unspecified atom stereocenters. The second-order valence-corrected chi connectivity index (χ2v) is 11.9. The minimum atomic E-state index is -3.82. The molecule has 3 aromatic heterocycles. The van der Waals surface area contributed by atoms with E-state index in [2.05, 4.69) is 15.4 Å². The first kappa shape index (κ1) is 26.6. The van der Waals surface area contributed by atoms with E-state index in [1.165, 1.54) is 6.07 Å². The SMILES string of the molecule is Cc1cc([C@@H](C)Nc2ccc(Cl)nc2C(=O)NS(C)(=O)=O)c2nc(N3Cc4cn(C)nc4C3)n(C)c(=O)c2c1. The van der Waals surface area contributed by atoms with Crippen LogP contribution in [0.5, 0.6) is 0 Å². The van der Waals surface area contributed by atoms with Gasteiger partial charge in [0.15, 0.2) is 5.69 Å². The molecule has 14 heteroatoms. The number of nitrogens with zero attached hydrogens (tertiary/aromatic N) is 6. The smallest absolute Gasteiger partial charge is 0.285 e. The quantitative estimate of drug-likeness (QED) is 0.334. The number of sulfonamides is 1. The lowest BCUT2D eigenvalue weighted by Crippen LogP contribution is -2.31. The Kier molecular flexibility index (Phi) is 6.59.